The van der Waals surface area contributed by atoms with Gasteiger partial charge in [-0.2, -0.15) is 0 Å². The van der Waals surface area contributed by atoms with Gasteiger partial charge in [0.2, 0.25) is 0 Å². The lowest BCUT2D eigenvalue weighted by molar-refractivity contribution is -0.144. The molecule has 5 nitrogen and oxygen atoms in total. The second-order valence-electron chi connectivity index (χ2n) is 3.65. The van der Waals surface area contributed by atoms with Gasteiger partial charge in [-0.25, -0.2) is 0 Å². The fourth-order valence-corrected chi connectivity index (χ4v) is 1.82. The first-order valence-electron chi connectivity index (χ1n) is 5.17. The third kappa shape index (κ3) is 3.29. The van der Waals surface area contributed by atoms with Crippen LogP contribution in [0.3, 0.4) is 0 Å². The van der Waals surface area contributed by atoms with Crippen LogP contribution in [0.5, 0.6) is 0 Å². The Morgan fingerprint density at radius 1 is 1.50 bits per heavy atom. The van der Waals surface area contributed by atoms with Crippen LogP contribution in [-0.4, -0.2) is 35.7 Å². The normalized spacial score (nSPS) is 13.8. The number of aldehydes is 1. The number of carbonyl (C=O) groups excluding carboxylic acids is 2. The van der Waals surface area contributed by atoms with Gasteiger partial charge < -0.3 is 14.9 Å². The highest BCUT2D eigenvalue weighted by molar-refractivity contribution is 6.31. The van der Waals surface area contributed by atoms with Crippen LogP contribution in [0.1, 0.15) is 28.4 Å². The van der Waals surface area contributed by atoms with Crippen molar-refractivity contribution in [1.29, 1.82) is 0 Å². The summed E-state index contributed by atoms with van der Waals surface area (Å²) < 4.78 is 4.38. The van der Waals surface area contributed by atoms with Crippen molar-refractivity contribution in [3.8, 4) is 0 Å². The number of rotatable bonds is 5. The van der Waals surface area contributed by atoms with E-state index in [9.17, 15) is 19.8 Å². The van der Waals surface area contributed by atoms with Gasteiger partial charge >= 0.3 is 5.97 Å². The topological polar surface area (TPSA) is 83.8 Å². The molecule has 0 aliphatic rings. The van der Waals surface area contributed by atoms with E-state index in [4.69, 9.17) is 11.6 Å². The molecule has 2 atom stereocenters. The van der Waals surface area contributed by atoms with Crippen molar-refractivity contribution in [1.82, 2.24) is 0 Å². The Kier molecular flexibility index (Phi) is 5.27. The molecule has 0 saturated carbocycles. The minimum atomic E-state index is -1.43. The summed E-state index contributed by atoms with van der Waals surface area (Å²) in [6.45, 7) is 0. The van der Waals surface area contributed by atoms with Crippen LogP contribution in [0, 0.1) is 0 Å². The molecule has 0 fully saturated rings. The van der Waals surface area contributed by atoms with E-state index in [1.807, 2.05) is 0 Å². The maximum atomic E-state index is 11.0. The number of halogens is 1. The number of ether oxygens (including phenoxy) is 1. The fourth-order valence-electron chi connectivity index (χ4n) is 1.53. The summed E-state index contributed by atoms with van der Waals surface area (Å²) in [5.41, 5.74) is 0.268. The van der Waals surface area contributed by atoms with Crippen molar-refractivity contribution in [2.45, 2.75) is 18.6 Å². The zero-order chi connectivity index (χ0) is 13.7. The Morgan fingerprint density at radius 3 is 2.72 bits per heavy atom. The van der Waals surface area contributed by atoms with Gasteiger partial charge in [0.25, 0.3) is 0 Å². The van der Waals surface area contributed by atoms with Crippen molar-refractivity contribution in [2.75, 3.05) is 7.11 Å². The number of esters is 1. The number of hydrogen-bond donors (Lipinski definition) is 2. The van der Waals surface area contributed by atoms with E-state index in [-0.39, 0.29) is 22.6 Å². The van der Waals surface area contributed by atoms with Crippen molar-refractivity contribution >= 4 is 23.9 Å². The molecular formula is C12H13ClO5. The Morgan fingerprint density at radius 2 is 2.17 bits per heavy atom. The molecule has 0 aromatic heterocycles. The zero-order valence-electron chi connectivity index (χ0n) is 9.67. The number of carbonyl (C=O) groups is 2. The van der Waals surface area contributed by atoms with Crippen LogP contribution in [-0.2, 0) is 9.53 Å². The van der Waals surface area contributed by atoms with Crippen molar-refractivity contribution in [3.05, 3.63) is 34.3 Å². The Labute approximate surface area is 109 Å². The second kappa shape index (κ2) is 6.49. The molecule has 0 bridgehead atoms. The molecule has 2 N–H and O–H groups in total. The lowest BCUT2D eigenvalue weighted by Crippen LogP contribution is -2.23. The van der Waals surface area contributed by atoms with Gasteiger partial charge in [-0.15, -0.1) is 0 Å². The molecule has 0 amide bonds. The fraction of sp³-hybridized carbons (Fsp3) is 0.333. The molecule has 0 aliphatic heterocycles. The molecule has 6 heteroatoms. The van der Waals surface area contributed by atoms with Crippen LogP contribution >= 0.6 is 11.6 Å². The highest BCUT2D eigenvalue weighted by Gasteiger charge is 2.25. The molecule has 18 heavy (non-hydrogen) atoms. The van der Waals surface area contributed by atoms with E-state index in [0.717, 1.165) is 0 Å². The van der Waals surface area contributed by atoms with Crippen molar-refractivity contribution in [2.24, 2.45) is 0 Å². The maximum absolute atomic E-state index is 11.0. The molecule has 1 aromatic rings. The molecular weight excluding hydrogens is 260 g/mol. The summed E-state index contributed by atoms with van der Waals surface area (Å²) in [7, 11) is 1.17. The molecule has 2 unspecified atom stereocenters. The predicted molar refractivity (Wildman–Crippen MR) is 64.4 cm³/mol. The summed E-state index contributed by atoms with van der Waals surface area (Å²) in [5.74, 6) is -0.666. The number of benzene rings is 1. The monoisotopic (exact) mass is 272 g/mol. The third-order valence-corrected chi connectivity index (χ3v) is 2.81. The van der Waals surface area contributed by atoms with Crippen LogP contribution < -0.4 is 0 Å². The van der Waals surface area contributed by atoms with E-state index in [2.05, 4.69) is 4.74 Å². The summed E-state index contributed by atoms with van der Waals surface area (Å²) >= 11 is 5.87. The zero-order valence-corrected chi connectivity index (χ0v) is 10.4. The van der Waals surface area contributed by atoms with E-state index in [1.54, 1.807) is 6.07 Å². The lowest BCUT2D eigenvalue weighted by Gasteiger charge is -2.19. The quantitative estimate of drug-likeness (QED) is 0.620. The number of hydrogen-bond acceptors (Lipinski definition) is 5. The number of methoxy groups -OCH3 is 1. The van der Waals surface area contributed by atoms with Crippen molar-refractivity contribution < 1.29 is 24.5 Å². The van der Waals surface area contributed by atoms with E-state index >= 15 is 0 Å². The summed E-state index contributed by atoms with van der Waals surface area (Å²) in [6, 6.07) is 4.50. The molecule has 0 heterocycles. The summed E-state index contributed by atoms with van der Waals surface area (Å²) in [5, 5.41) is 19.8. The average Bonchev–Trinajstić information content (AvgIpc) is 2.37. The van der Waals surface area contributed by atoms with E-state index in [0.29, 0.717) is 6.29 Å². The standard InChI is InChI=1S/C12H13ClO5/c1-18-10(16)5-9(15)12(17)11-7(6-14)3-2-4-8(11)13/h2-4,6,9,12,15,17H,5H2,1H3. The first kappa shape index (κ1) is 14.6. The largest absolute Gasteiger partial charge is 0.469 e. The summed E-state index contributed by atoms with van der Waals surface area (Å²) in [4.78, 5) is 21.8. The van der Waals surface area contributed by atoms with Gasteiger partial charge in [-0.05, 0) is 6.07 Å². The second-order valence-corrected chi connectivity index (χ2v) is 4.06. The number of aliphatic hydroxyl groups is 2. The van der Waals surface area contributed by atoms with E-state index in [1.165, 1.54) is 19.2 Å². The Bertz CT molecular complexity index is 446. The molecule has 0 aliphatic carbocycles. The third-order valence-electron chi connectivity index (χ3n) is 2.48. The van der Waals surface area contributed by atoms with Gasteiger partial charge in [0.05, 0.1) is 19.6 Å². The molecule has 1 aromatic carbocycles. The highest BCUT2D eigenvalue weighted by atomic mass is 35.5. The Balaban J connectivity index is 2.99. The van der Waals surface area contributed by atoms with Gasteiger partial charge in [0.15, 0.2) is 0 Å². The Hall–Kier alpha value is -1.43. The van der Waals surface area contributed by atoms with Crippen LogP contribution in [0.4, 0.5) is 0 Å². The van der Waals surface area contributed by atoms with Crippen molar-refractivity contribution in [3.63, 3.8) is 0 Å². The smallest absolute Gasteiger partial charge is 0.308 e. The molecule has 0 spiro atoms. The number of aliphatic hydroxyl groups excluding tert-OH is 2. The van der Waals surface area contributed by atoms with Gasteiger partial charge in [0, 0.05) is 16.1 Å². The van der Waals surface area contributed by atoms with Crippen LogP contribution in [0.2, 0.25) is 5.02 Å². The first-order valence-corrected chi connectivity index (χ1v) is 5.55. The minimum Gasteiger partial charge on any atom is -0.469 e. The molecule has 0 saturated heterocycles. The SMILES string of the molecule is COC(=O)CC(O)C(O)c1c(Cl)cccc1C=O. The molecule has 98 valence electrons. The average molecular weight is 273 g/mol. The first-order chi connectivity index (χ1) is 8.51. The van der Waals surface area contributed by atoms with Gasteiger partial charge in [-0.1, -0.05) is 23.7 Å². The lowest BCUT2D eigenvalue weighted by atomic mass is 9.97. The highest BCUT2D eigenvalue weighted by Crippen LogP contribution is 2.29. The van der Waals surface area contributed by atoms with Gasteiger partial charge in [0.1, 0.15) is 12.4 Å². The van der Waals surface area contributed by atoms with E-state index < -0.39 is 18.2 Å². The molecule has 0 radical (unpaired) electrons. The van der Waals surface area contributed by atoms with Crippen LogP contribution in [0.15, 0.2) is 18.2 Å². The maximum Gasteiger partial charge on any atom is 0.308 e. The predicted octanol–water partition coefficient (Wildman–Crippen LogP) is 1.11. The van der Waals surface area contributed by atoms with Crippen LogP contribution in [0.25, 0.3) is 0 Å². The summed E-state index contributed by atoms with van der Waals surface area (Å²) in [6.07, 6.45) is -2.69. The minimum absolute atomic E-state index is 0.102. The molecule has 1 rings (SSSR count). The van der Waals surface area contributed by atoms with Gasteiger partial charge in [-0.3, -0.25) is 9.59 Å².